The highest BCUT2D eigenvalue weighted by Crippen LogP contribution is 2.43. The summed E-state index contributed by atoms with van der Waals surface area (Å²) in [6.45, 7) is 3.99. The summed E-state index contributed by atoms with van der Waals surface area (Å²) in [6.07, 6.45) is 6.53. The van der Waals surface area contributed by atoms with Gasteiger partial charge in [0.15, 0.2) is 0 Å². The molecule has 196 valence electrons. The molecule has 1 amide bonds. The molecule has 4 N–H and O–H groups in total. The molecule has 1 aliphatic heterocycles. The van der Waals surface area contributed by atoms with Crippen LogP contribution in [0.25, 0.3) is 33.2 Å². The van der Waals surface area contributed by atoms with Crippen LogP contribution in [0.15, 0.2) is 67.3 Å². The maximum atomic E-state index is 14.6. The topological polar surface area (TPSA) is 108 Å². The Morgan fingerprint density at radius 1 is 0.949 bits per heavy atom. The second kappa shape index (κ2) is 9.79. The third-order valence-electron chi connectivity index (χ3n) is 6.57. The van der Waals surface area contributed by atoms with E-state index in [4.69, 9.17) is 0 Å². The van der Waals surface area contributed by atoms with Gasteiger partial charge in [0.1, 0.15) is 17.8 Å². The number of rotatable bonds is 6. The Morgan fingerprint density at radius 2 is 1.79 bits per heavy atom. The highest BCUT2D eigenvalue weighted by molar-refractivity contribution is 5.94. The Bertz CT molecular complexity index is 1720. The second-order valence-electron chi connectivity index (χ2n) is 9.93. The SMILES string of the molecule is CC(C)CC(=O)Nc1cncc(-c2ccc3n[nH]c(C4Nc5cncc(-c6cc(F)ccc6F)c5N4)c3c2)c1. The van der Waals surface area contributed by atoms with Gasteiger partial charge in [-0.25, -0.2) is 8.78 Å². The molecule has 0 spiro atoms. The minimum absolute atomic E-state index is 0.0542. The number of halogens is 2. The van der Waals surface area contributed by atoms with Crippen molar-refractivity contribution >= 4 is 33.9 Å². The molecule has 1 aliphatic rings. The first kappa shape index (κ1) is 24.5. The smallest absolute Gasteiger partial charge is 0.224 e. The maximum absolute atomic E-state index is 14.6. The van der Waals surface area contributed by atoms with E-state index in [-0.39, 0.29) is 17.4 Å². The fourth-order valence-electron chi connectivity index (χ4n) is 4.79. The van der Waals surface area contributed by atoms with Crippen molar-refractivity contribution in [2.75, 3.05) is 16.0 Å². The van der Waals surface area contributed by atoms with Gasteiger partial charge in [-0.05, 0) is 47.9 Å². The summed E-state index contributed by atoms with van der Waals surface area (Å²) in [4.78, 5) is 20.8. The Morgan fingerprint density at radius 3 is 2.64 bits per heavy atom. The quantitative estimate of drug-likeness (QED) is 0.202. The predicted octanol–water partition coefficient (Wildman–Crippen LogP) is 6.49. The van der Waals surface area contributed by atoms with E-state index >= 15 is 0 Å². The van der Waals surface area contributed by atoms with Crippen molar-refractivity contribution in [3.8, 4) is 22.3 Å². The third-order valence-corrected chi connectivity index (χ3v) is 6.57. The lowest BCUT2D eigenvalue weighted by Crippen LogP contribution is -2.14. The van der Waals surface area contributed by atoms with Crippen molar-refractivity contribution < 1.29 is 13.6 Å². The summed E-state index contributed by atoms with van der Waals surface area (Å²) in [5.74, 6) is -0.866. The summed E-state index contributed by atoms with van der Waals surface area (Å²) in [5, 5.41) is 18.1. The number of H-pyrrole nitrogens is 1. The third kappa shape index (κ3) is 4.76. The number of fused-ring (bicyclic) bond motifs is 2. The van der Waals surface area contributed by atoms with Crippen LogP contribution >= 0.6 is 0 Å². The van der Waals surface area contributed by atoms with Gasteiger partial charge in [-0.15, -0.1) is 0 Å². The molecule has 2 aromatic carbocycles. The average molecular weight is 526 g/mol. The lowest BCUT2D eigenvalue weighted by Gasteiger charge is -2.12. The van der Waals surface area contributed by atoms with Gasteiger partial charge >= 0.3 is 0 Å². The lowest BCUT2D eigenvalue weighted by molar-refractivity contribution is -0.116. The van der Waals surface area contributed by atoms with Crippen LogP contribution in [0, 0.1) is 17.6 Å². The largest absolute Gasteiger partial charge is 0.358 e. The van der Waals surface area contributed by atoms with Gasteiger partial charge in [-0.1, -0.05) is 19.9 Å². The number of hydrogen-bond donors (Lipinski definition) is 4. The molecule has 0 saturated carbocycles. The van der Waals surface area contributed by atoms with Gasteiger partial charge < -0.3 is 16.0 Å². The molecule has 39 heavy (non-hydrogen) atoms. The van der Waals surface area contributed by atoms with E-state index in [1.807, 2.05) is 38.1 Å². The number of aromatic nitrogens is 4. The summed E-state index contributed by atoms with van der Waals surface area (Å²) < 4.78 is 28.5. The van der Waals surface area contributed by atoms with E-state index in [0.717, 1.165) is 45.9 Å². The average Bonchev–Trinajstić information content (AvgIpc) is 3.53. The number of aromatic amines is 1. The molecule has 0 bridgehead atoms. The molecule has 0 aliphatic carbocycles. The maximum Gasteiger partial charge on any atom is 0.224 e. The van der Waals surface area contributed by atoms with E-state index < -0.39 is 17.8 Å². The standard InChI is InChI=1S/C29H25F2N7O/c1-15(2)7-26(39)34-19-8-17(11-32-12-19)16-3-6-24-21(9-16)28(38-37-24)29-35-25-14-33-13-22(27(25)36-29)20-10-18(30)4-5-23(20)31/h3-6,8-15,29,35-36H,7H2,1-2H3,(H,34,39)(H,37,38). The summed E-state index contributed by atoms with van der Waals surface area (Å²) >= 11 is 0. The Balaban J connectivity index is 1.31. The minimum Gasteiger partial charge on any atom is -0.358 e. The first-order valence-corrected chi connectivity index (χ1v) is 12.6. The number of pyridine rings is 2. The summed E-state index contributed by atoms with van der Waals surface area (Å²) in [5.41, 5.74) is 5.75. The van der Waals surface area contributed by atoms with Crippen molar-refractivity contribution in [3.05, 3.63) is 84.6 Å². The lowest BCUT2D eigenvalue weighted by atomic mass is 10.0. The predicted molar refractivity (Wildman–Crippen MR) is 147 cm³/mol. The van der Waals surface area contributed by atoms with Crippen LogP contribution in [0.5, 0.6) is 0 Å². The molecular formula is C29H25F2N7O. The van der Waals surface area contributed by atoms with Crippen LogP contribution < -0.4 is 16.0 Å². The molecule has 3 aromatic heterocycles. The molecule has 0 saturated heterocycles. The van der Waals surface area contributed by atoms with Crippen molar-refractivity contribution in [3.63, 3.8) is 0 Å². The molecule has 6 rings (SSSR count). The zero-order chi connectivity index (χ0) is 27.1. The van der Waals surface area contributed by atoms with Crippen molar-refractivity contribution in [1.29, 1.82) is 0 Å². The molecular weight excluding hydrogens is 500 g/mol. The number of benzene rings is 2. The highest BCUT2D eigenvalue weighted by Gasteiger charge is 2.28. The van der Waals surface area contributed by atoms with E-state index in [0.29, 0.717) is 29.0 Å². The van der Waals surface area contributed by atoms with Crippen LogP contribution in [0.2, 0.25) is 0 Å². The van der Waals surface area contributed by atoms with Gasteiger partial charge in [0.2, 0.25) is 5.91 Å². The number of anilines is 3. The molecule has 4 heterocycles. The molecule has 1 atom stereocenters. The van der Waals surface area contributed by atoms with E-state index in [1.54, 1.807) is 18.6 Å². The van der Waals surface area contributed by atoms with E-state index in [9.17, 15) is 13.6 Å². The number of carbonyl (C=O) groups is 1. The van der Waals surface area contributed by atoms with Crippen molar-refractivity contribution in [1.82, 2.24) is 20.2 Å². The van der Waals surface area contributed by atoms with Gasteiger partial charge in [-0.3, -0.25) is 19.9 Å². The fourth-order valence-corrected chi connectivity index (χ4v) is 4.79. The van der Waals surface area contributed by atoms with E-state index in [2.05, 4.69) is 36.1 Å². The second-order valence-corrected chi connectivity index (χ2v) is 9.93. The van der Waals surface area contributed by atoms with Crippen LogP contribution in [0.3, 0.4) is 0 Å². The number of nitrogens with zero attached hydrogens (tertiary/aromatic N) is 3. The van der Waals surface area contributed by atoms with Crippen LogP contribution in [0.4, 0.5) is 25.8 Å². The Hall–Kier alpha value is -4.86. The number of amides is 1. The van der Waals surface area contributed by atoms with Crippen molar-refractivity contribution in [2.24, 2.45) is 5.92 Å². The monoisotopic (exact) mass is 525 g/mol. The molecule has 8 nitrogen and oxygen atoms in total. The van der Waals surface area contributed by atoms with Gasteiger partial charge in [-0.2, -0.15) is 5.10 Å². The molecule has 1 unspecified atom stereocenters. The number of hydrogen-bond acceptors (Lipinski definition) is 6. The first-order valence-electron chi connectivity index (χ1n) is 12.6. The molecule has 0 fully saturated rings. The van der Waals surface area contributed by atoms with Crippen LogP contribution in [-0.2, 0) is 4.79 Å². The molecule has 10 heteroatoms. The Kier molecular flexibility index (Phi) is 6.14. The van der Waals surface area contributed by atoms with Crippen molar-refractivity contribution in [2.45, 2.75) is 26.4 Å². The normalized spacial score (nSPS) is 14.2. The minimum atomic E-state index is -0.537. The van der Waals surface area contributed by atoms with E-state index in [1.165, 1.54) is 6.20 Å². The highest BCUT2D eigenvalue weighted by atomic mass is 19.1. The molecule has 0 radical (unpaired) electrons. The fraction of sp³-hybridized carbons (Fsp3) is 0.172. The summed E-state index contributed by atoms with van der Waals surface area (Å²) in [7, 11) is 0. The van der Waals surface area contributed by atoms with Crippen LogP contribution in [-0.4, -0.2) is 26.1 Å². The molecule has 5 aromatic rings. The van der Waals surface area contributed by atoms with Gasteiger partial charge in [0.05, 0.1) is 40.7 Å². The van der Waals surface area contributed by atoms with Gasteiger partial charge in [0, 0.05) is 40.9 Å². The zero-order valence-electron chi connectivity index (χ0n) is 21.2. The number of carbonyl (C=O) groups excluding carboxylic acids is 1. The Labute approximate surface area is 222 Å². The van der Waals surface area contributed by atoms with Gasteiger partial charge in [0.25, 0.3) is 0 Å². The van der Waals surface area contributed by atoms with Crippen LogP contribution in [0.1, 0.15) is 32.1 Å². The first-order chi connectivity index (χ1) is 18.9. The number of nitrogens with one attached hydrogen (secondary N) is 4. The summed E-state index contributed by atoms with van der Waals surface area (Å²) in [6, 6.07) is 11.1. The zero-order valence-corrected chi connectivity index (χ0v) is 21.2.